The maximum Gasteiger partial charge on any atom is 0.262 e. The number of carbonyl (C=O) groups excluding carboxylic acids is 1. The number of halogens is 1. The first kappa shape index (κ1) is 20.3. The predicted molar refractivity (Wildman–Crippen MR) is 111 cm³/mol. The molecule has 2 unspecified atom stereocenters. The third-order valence-electron chi connectivity index (χ3n) is 5.82. The molecule has 2 N–H and O–H groups in total. The summed E-state index contributed by atoms with van der Waals surface area (Å²) in [6.07, 6.45) is 7.28. The van der Waals surface area contributed by atoms with Crippen LogP contribution in [0.5, 0.6) is 0 Å². The summed E-state index contributed by atoms with van der Waals surface area (Å²) in [4.78, 5) is 34.1. The number of aromatic nitrogens is 2. The Hall–Kier alpha value is -1.44. The largest absolute Gasteiger partial charge is 0.340 e. The van der Waals surface area contributed by atoms with Crippen LogP contribution in [0.2, 0.25) is 0 Å². The van der Waals surface area contributed by atoms with Crippen molar-refractivity contribution in [3.05, 3.63) is 27.1 Å². The van der Waals surface area contributed by atoms with Crippen molar-refractivity contribution >= 4 is 39.9 Å². The summed E-state index contributed by atoms with van der Waals surface area (Å²) in [7, 11) is 0. The number of hydrogen-bond donors (Lipinski definition) is 1. The van der Waals surface area contributed by atoms with Gasteiger partial charge < -0.3 is 10.6 Å². The van der Waals surface area contributed by atoms with Crippen LogP contribution in [0.25, 0.3) is 10.2 Å². The number of nitrogens with two attached hydrogens (primary N) is 1. The van der Waals surface area contributed by atoms with Crippen molar-refractivity contribution in [1.82, 2.24) is 14.5 Å². The highest BCUT2D eigenvalue weighted by atomic mass is 35.5. The first-order valence-electron chi connectivity index (χ1n) is 9.57. The lowest BCUT2D eigenvalue weighted by molar-refractivity contribution is -0.132. The van der Waals surface area contributed by atoms with Crippen molar-refractivity contribution in [3.63, 3.8) is 0 Å². The van der Waals surface area contributed by atoms with Crippen molar-refractivity contribution in [2.45, 2.75) is 58.0 Å². The number of aryl methyl sites for hydroxylation is 3. The van der Waals surface area contributed by atoms with E-state index in [1.165, 1.54) is 16.9 Å². The van der Waals surface area contributed by atoms with E-state index in [1.807, 2.05) is 4.90 Å². The van der Waals surface area contributed by atoms with Crippen LogP contribution in [-0.4, -0.2) is 39.5 Å². The Morgan fingerprint density at radius 1 is 1.37 bits per heavy atom. The van der Waals surface area contributed by atoms with Crippen LogP contribution in [0.1, 0.15) is 43.0 Å². The van der Waals surface area contributed by atoms with Gasteiger partial charge in [-0.1, -0.05) is 0 Å². The SMILES string of the molecule is CC1CC(CN)CN1C(=O)CCn1cnc2sc3c(c2c1=O)CCCC3.Cl. The summed E-state index contributed by atoms with van der Waals surface area (Å²) in [5, 5.41) is 0.789. The van der Waals surface area contributed by atoms with E-state index < -0.39 is 0 Å². The number of nitrogens with zero attached hydrogens (tertiary/aromatic N) is 3. The summed E-state index contributed by atoms with van der Waals surface area (Å²) in [5.41, 5.74) is 6.96. The summed E-state index contributed by atoms with van der Waals surface area (Å²) < 4.78 is 1.61. The Kier molecular flexibility index (Phi) is 6.23. The molecule has 2 aromatic heterocycles. The van der Waals surface area contributed by atoms with E-state index in [9.17, 15) is 9.59 Å². The highest BCUT2D eigenvalue weighted by Crippen LogP contribution is 2.33. The molecule has 1 aliphatic heterocycles. The fourth-order valence-corrected chi connectivity index (χ4v) is 5.58. The molecule has 0 bridgehead atoms. The van der Waals surface area contributed by atoms with Gasteiger partial charge in [-0.05, 0) is 57.1 Å². The molecule has 3 heterocycles. The fraction of sp³-hybridized carbons (Fsp3) is 0.632. The van der Waals surface area contributed by atoms with Crippen molar-refractivity contribution in [2.24, 2.45) is 11.7 Å². The number of likely N-dealkylation sites (tertiary alicyclic amines) is 1. The molecule has 148 valence electrons. The minimum Gasteiger partial charge on any atom is -0.340 e. The molecule has 0 aromatic carbocycles. The van der Waals surface area contributed by atoms with Gasteiger partial charge in [-0.3, -0.25) is 14.2 Å². The van der Waals surface area contributed by atoms with Crippen LogP contribution < -0.4 is 11.3 Å². The van der Waals surface area contributed by atoms with Crippen molar-refractivity contribution < 1.29 is 4.79 Å². The molecule has 0 spiro atoms. The number of carbonyl (C=O) groups is 1. The lowest BCUT2D eigenvalue weighted by Crippen LogP contribution is -2.35. The third-order valence-corrected chi connectivity index (χ3v) is 7.02. The highest BCUT2D eigenvalue weighted by Gasteiger charge is 2.31. The Bertz CT molecular complexity index is 894. The maximum absolute atomic E-state index is 12.9. The highest BCUT2D eigenvalue weighted by molar-refractivity contribution is 7.18. The number of fused-ring (bicyclic) bond motifs is 3. The molecule has 1 amide bonds. The zero-order valence-corrected chi connectivity index (χ0v) is 17.3. The van der Waals surface area contributed by atoms with Crippen LogP contribution >= 0.6 is 23.7 Å². The smallest absolute Gasteiger partial charge is 0.262 e. The van der Waals surface area contributed by atoms with Crippen LogP contribution in [0, 0.1) is 5.92 Å². The molecule has 0 saturated carbocycles. The Morgan fingerprint density at radius 3 is 2.89 bits per heavy atom. The second-order valence-electron chi connectivity index (χ2n) is 7.62. The van der Waals surface area contributed by atoms with E-state index in [1.54, 1.807) is 22.2 Å². The minimum atomic E-state index is 0. The Morgan fingerprint density at radius 2 is 2.15 bits per heavy atom. The van der Waals surface area contributed by atoms with Gasteiger partial charge in [0.1, 0.15) is 4.83 Å². The molecular formula is C19H27ClN4O2S. The Balaban J connectivity index is 0.00000210. The van der Waals surface area contributed by atoms with Gasteiger partial charge in [-0.25, -0.2) is 4.98 Å². The van der Waals surface area contributed by atoms with Gasteiger partial charge in [-0.15, -0.1) is 23.7 Å². The lowest BCUT2D eigenvalue weighted by Gasteiger charge is -2.21. The molecule has 2 aromatic rings. The van der Waals surface area contributed by atoms with Crippen molar-refractivity contribution in [2.75, 3.05) is 13.1 Å². The van der Waals surface area contributed by atoms with Crippen LogP contribution in [0.3, 0.4) is 0 Å². The molecule has 2 aliphatic rings. The summed E-state index contributed by atoms with van der Waals surface area (Å²) in [6, 6.07) is 0.234. The van der Waals surface area contributed by atoms with Gasteiger partial charge in [0, 0.05) is 30.4 Å². The number of rotatable bonds is 4. The van der Waals surface area contributed by atoms with Crippen molar-refractivity contribution in [3.8, 4) is 0 Å². The molecule has 1 saturated heterocycles. The van der Waals surface area contributed by atoms with E-state index in [0.717, 1.165) is 42.4 Å². The molecule has 2 atom stereocenters. The average Bonchev–Trinajstić information content (AvgIpc) is 3.21. The molecule has 0 radical (unpaired) electrons. The zero-order valence-electron chi connectivity index (χ0n) is 15.6. The Labute approximate surface area is 169 Å². The van der Waals surface area contributed by atoms with Gasteiger partial charge in [0.2, 0.25) is 5.91 Å². The van der Waals surface area contributed by atoms with Gasteiger partial charge in [-0.2, -0.15) is 0 Å². The third kappa shape index (κ3) is 3.77. The fourth-order valence-electron chi connectivity index (χ4n) is 4.36. The van der Waals surface area contributed by atoms with Crippen LogP contribution in [0.15, 0.2) is 11.1 Å². The number of thiophene rings is 1. The molecule has 1 aliphatic carbocycles. The normalized spacial score (nSPS) is 21.9. The maximum atomic E-state index is 12.9. The van der Waals surface area contributed by atoms with Gasteiger partial charge in [0.15, 0.2) is 0 Å². The molecule has 1 fully saturated rings. The lowest BCUT2D eigenvalue weighted by atomic mass is 9.97. The van der Waals surface area contributed by atoms with Gasteiger partial charge >= 0.3 is 0 Å². The number of amides is 1. The molecule has 6 nitrogen and oxygen atoms in total. The number of hydrogen-bond acceptors (Lipinski definition) is 5. The predicted octanol–water partition coefficient (Wildman–Crippen LogP) is 2.34. The van der Waals surface area contributed by atoms with E-state index >= 15 is 0 Å². The first-order chi connectivity index (χ1) is 12.6. The second kappa shape index (κ2) is 8.29. The van der Waals surface area contributed by atoms with Crippen molar-refractivity contribution in [1.29, 1.82) is 0 Å². The van der Waals surface area contributed by atoms with E-state index in [0.29, 0.717) is 25.4 Å². The van der Waals surface area contributed by atoms with Crippen LogP contribution in [-0.2, 0) is 24.2 Å². The standard InChI is InChI=1S/C19H26N4O2S.ClH/c1-12-8-13(9-20)10-23(12)16(24)6-7-22-11-21-18-17(19(22)25)14-4-2-3-5-15(14)26-18;/h11-13H,2-10,20H2,1H3;1H. The van der Waals surface area contributed by atoms with E-state index in [2.05, 4.69) is 11.9 Å². The summed E-state index contributed by atoms with van der Waals surface area (Å²) >= 11 is 1.66. The summed E-state index contributed by atoms with van der Waals surface area (Å²) in [6.45, 7) is 3.82. The van der Waals surface area contributed by atoms with Crippen LogP contribution in [0.4, 0.5) is 0 Å². The molecule has 27 heavy (non-hydrogen) atoms. The average molecular weight is 411 g/mol. The molecule has 4 rings (SSSR count). The summed E-state index contributed by atoms with van der Waals surface area (Å²) in [5.74, 6) is 0.500. The minimum absolute atomic E-state index is 0. The van der Waals surface area contributed by atoms with Gasteiger partial charge in [0.25, 0.3) is 5.56 Å². The van der Waals surface area contributed by atoms with E-state index in [4.69, 9.17) is 5.73 Å². The van der Waals surface area contributed by atoms with Gasteiger partial charge in [0.05, 0.1) is 11.7 Å². The quantitative estimate of drug-likeness (QED) is 0.838. The van der Waals surface area contributed by atoms with E-state index in [-0.39, 0.29) is 29.9 Å². The first-order valence-corrected chi connectivity index (χ1v) is 10.4. The topological polar surface area (TPSA) is 81.2 Å². The molecule has 8 heteroatoms. The molecular weight excluding hydrogens is 384 g/mol. The monoisotopic (exact) mass is 410 g/mol. The zero-order chi connectivity index (χ0) is 18.3. The second-order valence-corrected chi connectivity index (χ2v) is 8.70.